The van der Waals surface area contributed by atoms with E-state index in [1.807, 2.05) is 0 Å². The number of amides is 2. The number of nitrogens with one attached hydrogen (secondary N) is 2. The molecule has 0 radical (unpaired) electrons. The normalized spacial score (nSPS) is 10.1. The van der Waals surface area contributed by atoms with Gasteiger partial charge in [0.25, 0.3) is 0 Å². The van der Waals surface area contributed by atoms with Crippen LogP contribution in [0, 0.1) is 0 Å². The van der Waals surface area contributed by atoms with Gasteiger partial charge in [-0.25, -0.2) is 14.8 Å². The van der Waals surface area contributed by atoms with Gasteiger partial charge in [0.05, 0.1) is 0 Å². The number of rotatable bonds is 6. The summed E-state index contributed by atoms with van der Waals surface area (Å²) in [7, 11) is 3.40. The molecular formula is C12H20ClN5O. The third-order valence-electron chi connectivity index (χ3n) is 2.49. The number of nitrogens with zero attached hydrogens (tertiary/aromatic N) is 3. The highest BCUT2D eigenvalue weighted by Crippen LogP contribution is 2.20. The minimum atomic E-state index is -0.115. The van der Waals surface area contributed by atoms with Crippen molar-refractivity contribution < 1.29 is 4.79 Å². The quantitative estimate of drug-likeness (QED) is 0.617. The van der Waals surface area contributed by atoms with Crippen LogP contribution in [0.5, 0.6) is 0 Å². The monoisotopic (exact) mass is 285 g/mol. The second kappa shape index (κ2) is 7.78. The molecule has 0 aliphatic carbocycles. The zero-order chi connectivity index (χ0) is 14.3. The van der Waals surface area contributed by atoms with Crippen LogP contribution < -0.4 is 10.6 Å². The molecule has 106 valence electrons. The van der Waals surface area contributed by atoms with Gasteiger partial charge in [-0.05, 0) is 6.42 Å². The molecule has 0 aliphatic rings. The molecule has 1 rings (SSSR count). The number of carbonyl (C=O) groups is 1. The van der Waals surface area contributed by atoms with Gasteiger partial charge in [-0.2, -0.15) is 0 Å². The van der Waals surface area contributed by atoms with E-state index in [2.05, 4.69) is 27.5 Å². The van der Waals surface area contributed by atoms with Crippen LogP contribution in [-0.2, 0) is 6.42 Å². The van der Waals surface area contributed by atoms with E-state index >= 15 is 0 Å². The minimum absolute atomic E-state index is 0.115. The van der Waals surface area contributed by atoms with Crippen molar-refractivity contribution in [1.29, 1.82) is 0 Å². The molecule has 1 heterocycles. The summed E-state index contributed by atoms with van der Waals surface area (Å²) in [4.78, 5) is 21.0. The molecule has 2 N–H and O–H groups in total. The highest BCUT2D eigenvalue weighted by atomic mass is 35.5. The van der Waals surface area contributed by atoms with Crippen molar-refractivity contribution in [2.75, 3.05) is 32.5 Å². The van der Waals surface area contributed by atoms with E-state index in [4.69, 9.17) is 11.6 Å². The SMILES string of the molecule is CCCc1c(Cl)ncnc1NCCNC(=O)N(C)C. The first kappa shape index (κ1) is 15.5. The molecule has 7 heteroatoms. The number of aromatic nitrogens is 2. The van der Waals surface area contributed by atoms with Crippen LogP contribution in [0.25, 0.3) is 0 Å². The Bertz CT molecular complexity index is 425. The maximum absolute atomic E-state index is 11.3. The Hall–Kier alpha value is -1.56. The number of hydrogen-bond acceptors (Lipinski definition) is 4. The molecule has 2 amide bonds. The predicted molar refractivity (Wildman–Crippen MR) is 76.6 cm³/mol. The average Bonchev–Trinajstić information content (AvgIpc) is 2.37. The number of carbonyl (C=O) groups excluding carboxylic acids is 1. The van der Waals surface area contributed by atoms with E-state index in [1.54, 1.807) is 14.1 Å². The predicted octanol–water partition coefficient (Wildman–Crippen LogP) is 1.77. The van der Waals surface area contributed by atoms with E-state index < -0.39 is 0 Å². The van der Waals surface area contributed by atoms with E-state index in [9.17, 15) is 4.79 Å². The van der Waals surface area contributed by atoms with Gasteiger partial charge in [0.15, 0.2) is 0 Å². The average molecular weight is 286 g/mol. The van der Waals surface area contributed by atoms with E-state index in [0.29, 0.717) is 18.2 Å². The smallest absolute Gasteiger partial charge is 0.316 e. The zero-order valence-corrected chi connectivity index (χ0v) is 12.3. The molecule has 0 saturated heterocycles. The summed E-state index contributed by atoms with van der Waals surface area (Å²) in [6.45, 7) is 3.18. The van der Waals surface area contributed by atoms with Gasteiger partial charge in [0.2, 0.25) is 0 Å². The number of hydrogen-bond donors (Lipinski definition) is 2. The Labute approximate surface area is 118 Å². The van der Waals surface area contributed by atoms with Crippen molar-refractivity contribution in [1.82, 2.24) is 20.2 Å². The number of halogens is 1. The maximum atomic E-state index is 11.3. The van der Waals surface area contributed by atoms with Crippen LogP contribution in [0.15, 0.2) is 6.33 Å². The van der Waals surface area contributed by atoms with Crippen molar-refractivity contribution >= 4 is 23.4 Å². The van der Waals surface area contributed by atoms with Gasteiger partial charge >= 0.3 is 6.03 Å². The second-order valence-electron chi connectivity index (χ2n) is 4.29. The molecule has 0 unspecified atom stereocenters. The highest BCUT2D eigenvalue weighted by molar-refractivity contribution is 6.30. The number of anilines is 1. The molecule has 0 aromatic carbocycles. The summed E-state index contributed by atoms with van der Waals surface area (Å²) in [5.74, 6) is 0.737. The van der Waals surface area contributed by atoms with Gasteiger partial charge in [0, 0.05) is 32.7 Å². The molecule has 0 saturated carbocycles. The number of urea groups is 1. The Morgan fingerprint density at radius 2 is 2.11 bits per heavy atom. The van der Waals surface area contributed by atoms with E-state index in [1.165, 1.54) is 11.2 Å². The molecule has 0 atom stereocenters. The Balaban J connectivity index is 2.49. The first-order valence-corrected chi connectivity index (χ1v) is 6.62. The molecule has 1 aromatic rings. The van der Waals surface area contributed by atoms with Gasteiger partial charge in [-0.15, -0.1) is 0 Å². The Morgan fingerprint density at radius 1 is 1.37 bits per heavy atom. The maximum Gasteiger partial charge on any atom is 0.316 e. The summed E-state index contributed by atoms with van der Waals surface area (Å²) in [6, 6.07) is -0.115. The summed E-state index contributed by atoms with van der Waals surface area (Å²) >= 11 is 6.05. The molecule has 0 spiro atoms. The lowest BCUT2D eigenvalue weighted by Gasteiger charge is -2.14. The lowest BCUT2D eigenvalue weighted by atomic mass is 10.2. The van der Waals surface area contributed by atoms with Crippen LogP contribution in [0.4, 0.5) is 10.6 Å². The molecule has 0 bridgehead atoms. The van der Waals surface area contributed by atoms with Crippen molar-refractivity contribution in [2.24, 2.45) is 0 Å². The largest absolute Gasteiger partial charge is 0.368 e. The zero-order valence-electron chi connectivity index (χ0n) is 11.5. The van der Waals surface area contributed by atoms with Gasteiger partial charge in [-0.1, -0.05) is 24.9 Å². The van der Waals surface area contributed by atoms with Gasteiger partial charge < -0.3 is 15.5 Å². The molecule has 19 heavy (non-hydrogen) atoms. The third-order valence-corrected chi connectivity index (χ3v) is 2.82. The van der Waals surface area contributed by atoms with Crippen LogP contribution in [0.2, 0.25) is 5.15 Å². The third kappa shape index (κ3) is 4.90. The molecule has 1 aromatic heterocycles. The van der Waals surface area contributed by atoms with Crippen molar-refractivity contribution in [3.63, 3.8) is 0 Å². The second-order valence-corrected chi connectivity index (χ2v) is 4.65. The fourth-order valence-electron chi connectivity index (χ4n) is 1.52. The first-order valence-electron chi connectivity index (χ1n) is 6.24. The summed E-state index contributed by atoms with van der Waals surface area (Å²) in [5, 5.41) is 6.41. The lowest BCUT2D eigenvalue weighted by molar-refractivity contribution is 0.218. The fraction of sp³-hybridized carbons (Fsp3) is 0.583. The first-order chi connectivity index (χ1) is 9.06. The molecule has 6 nitrogen and oxygen atoms in total. The molecular weight excluding hydrogens is 266 g/mol. The van der Waals surface area contributed by atoms with Crippen molar-refractivity contribution in [3.05, 3.63) is 17.0 Å². The van der Waals surface area contributed by atoms with Gasteiger partial charge in [0.1, 0.15) is 17.3 Å². The molecule has 0 fully saturated rings. The van der Waals surface area contributed by atoms with Crippen LogP contribution in [0.3, 0.4) is 0 Å². The van der Waals surface area contributed by atoms with E-state index in [-0.39, 0.29) is 6.03 Å². The Morgan fingerprint density at radius 3 is 2.74 bits per heavy atom. The minimum Gasteiger partial charge on any atom is -0.368 e. The Kier molecular flexibility index (Phi) is 6.35. The standard InChI is InChI=1S/C12H20ClN5O/c1-4-5-9-10(13)16-8-17-11(9)14-6-7-15-12(19)18(2)3/h8H,4-7H2,1-3H3,(H,15,19)(H,14,16,17). The topological polar surface area (TPSA) is 70.1 Å². The summed E-state index contributed by atoms with van der Waals surface area (Å²) < 4.78 is 0. The van der Waals surface area contributed by atoms with Crippen LogP contribution >= 0.6 is 11.6 Å². The lowest BCUT2D eigenvalue weighted by Crippen LogP contribution is -2.37. The fourth-order valence-corrected chi connectivity index (χ4v) is 1.75. The van der Waals surface area contributed by atoms with Crippen LogP contribution in [0.1, 0.15) is 18.9 Å². The summed E-state index contributed by atoms with van der Waals surface area (Å²) in [5.41, 5.74) is 0.922. The van der Waals surface area contributed by atoms with Crippen molar-refractivity contribution in [2.45, 2.75) is 19.8 Å². The highest BCUT2D eigenvalue weighted by Gasteiger charge is 2.08. The van der Waals surface area contributed by atoms with Crippen molar-refractivity contribution in [3.8, 4) is 0 Å². The summed E-state index contributed by atoms with van der Waals surface area (Å²) in [6.07, 6.45) is 3.23. The van der Waals surface area contributed by atoms with Crippen LogP contribution in [-0.4, -0.2) is 48.1 Å². The van der Waals surface area contributed by atoms with Gasteiger partial charge in [-0.3, -0.25) is 0 Å². The van der Waals surface area contributed by atoms with E-state index in [0.717, 1.165) is 24.2 Å². The molecule has 0 aliphatic heterocycles.